The Bertz CT molecular complexity index is 790. The zero-order valence-corrected chi connectivity index (χ0v) is 21.8. The van der Waals surface area contributed by atoms with E-state index in [1.807, 2.05) is 30.3 Å². The van der Waals surface area contributed by atoms with E-state index in [9.17, 15) is 0 Å². The normalized spacial score (nSPS) is 15.2. The highest BCUT2D eigenvalue weighted by molar-refractivity contribution is 5.95. The fraction of sp³-hybridized carbons (Fsp3) is 0.594. The largest absolute Gasteiger partial charge is 0.475 e. The zero-order valence-electron chi connectivity index (χ0n) is 21.8. The Labute approximate surface area is 214 Å². The molecule has 2 aromatic rings. The molecule has 192 valence electrons. The number of unbranched alkanes of at least 4 members (excludes halogenated alkanes) is 13. The summed E-state index contributed by atoms with van der Waals surface area (Å²) in [6, 6.07) is 21.2. The van der Waals surface area contributed by atoms with E-state index >= 15 is 0 Å². The van der Waals surface area contributed by atoms with E-state index in [0.717, 1.165) is 24.5 Å². The molecule has 0 fully saturated rings. The fourth-order valence-corrected chi connectivity index (χ4v) is 4.76. The molecule has 3 nitrogen and oxygen atoms in total. The predicted octanol–water partition coefficient (Wildman–Crippen LogP) is 8.55. The molecule has 0 aromatic heterocycles. The number of ether oxygens (including phenoxy) is 2. The molecule has 0 bridgehead atoms. The summed E-state index contributed by atoms with van der Waals surface area (Å²) in [5, 5.41) is 0. The van der Waals surface area contributed by atoms with Crippen LogP contribution in [0.3, 0.4) is 0 Å². The third kappa shape index (κ3) is 12.4. The number of aryl methyl sites for hydroxylation is 1. The number of rotatable bonds is 20. The summed E-state index contributed by atoms with van der Waals surface area (Å²) in [5.74, 6) is 0.758. The first kappa shape index (κ1) is 27.5. The van der Waals surface area contributed by atoms with Crippen LogP contribution >= 0.6 is 0 Å². The molecule has 2 aromatic carbocycles. The maximum absolute atomic E-state index is 5.85. The van der Waals surface area contributed by atoms with Crippen LogP contribution in [0, 0.1) is 0 Å². The van der Waals surface area contributed by atoms with Crippen LogP contribution < -0.4 is 0 Å². The van der Waals surface area contributed by atoms with Crippen LogP contribution in [-0.4, -0.2) is 31.8 Å². The lowest BCUT2D eigenvalue weighted by atomic mass is 10.0. The van der Waals surface area contributed by atoms with Crippen LogP contribution in [0.2, 0.25) is 0 Å². The van der Waals surface area contributed by atoms with Crippen LogP contribution in [0.25, 0.3) is 0 Å². The Kier molecular flexibility index (Phi) is 14.3. The molecule has 3 rings (SSSR count). The SMILES string of the molecule is c1ccc(CCCCCCCCCCCCCCCCOC[C@@H]2COC(c3ccccc3)=N2)cc1. The number of benzene rings is 2. The van der Waals surface area contributed by atoms with Crippen molar-refractivity contribution in [1.29, 1.82) is 0 Å². The molecule has 1 aliphatic rings. The maximum atomic E-state index is 5.85. The van der Waals surface area contributed by atoms with Gasteiger partial charge < -0.3 is 9.47 Å². The third-order valence-electron chi connectivity index (χ3n) is 6.89. The van der Waals surface area contributed by atoms with Gasteiger partial charge in [-0.15, -0.1) is 0 Å². The molecule has 0 radical (unpaired) electrons. The van der Waals surface area contributed by atoms with Gasteiger partial charge in [0.15, 0.2) is 0 Å². The van der Waals surface area contributed by atoms with Crippen molar-refractivity contribution in [2.75, 3.05) is 19.8 Å². The molecule has 0 amide bonds. The Balaban J connectivity index is 1.01. The van der Waals surface area contributed by atoms with Gasteiger partial charge in [-0.2, -0.15) is 0 Å². The molecule has 0 spiro atoms. The fourth-order valence-electron chi connectivity index (χ4n) is 4.76. The molecule has 1 atom stereocenters. The van der Waals surface area contributed by atoms with Gasteiger partial charge >= 0.3 is 0 Å². The van der Waals surface area contributed by atoms with Crippen molar-refractivity contribution in [3.63, 3.8) is 0 Å². The molecule has 1 aliphatic heterocycles. The highest BCUT2D eigenvalue weighted by atomic mass is 16.5. The topological polar surface area (TPSA) is 30.8 Å². The summed E-state index contributed by atoms with van der Waals surface area (Å²) in [5.41, 5.74) is 2.55. The highest BCUT2D eigenvalue weighted by Gasteiger charge is 2.19. The van der Waals surface area contributed by atoms with Crippen molar-refractivity contribution in [2.24, 2.45) is 4.99 Å². The van der Waals surface area contributed by atoms with Crippen molar-refractivity contribution < 1.29 is 9.47 Å². The second-order valence-corrected chi connectivity index (χ2v) is 10.0. The van der Waals surface area contributed by atoms with E-state index in [2.05, 4.69) is 35.3 Å². The predicted molar refractivity (Wildman–Crippen MR) is 148 cm³/mol. The monoisotopic (exact) mass is 477 g/mol. The Morgan fingerprint density at radius 3 is 1.74 bits per heavy atom. The van der Waals surface area contributed by atoms with Gasteiger partial charge in [-0.25, -0.2) is 4.99 Å². The molecule has 35 heavy (non-hydrogen) atoms. The van der Waals surface area contributed by atoms with Gasteiger partial charge in [-0.3, -0.25) is 0 Å². The van der Waals surface area contributed by atoms with Crippen molar-refractivity contribution in [1.82, 2.24) is 0 Å². The number of hydrogen-bond acceptors (Lipinski definition) is 3. The average molecular weight is 478 g/mol. The van der Waals surface area contributed by atoms with Crippen molar-refractivity contribution in [2.45, 2.75) is 102 Å². The third-order valence-corrected chi connectivity index (χ3v) is 6.89. The lowest BCUT2D eigenvalue weighted by molar-refractivity contribution is 0.109. The quantitative estimate of drug-likeness (QED) is 0.179. The number of aliphatic imine (C=N–C) groups is 1. The van der Waals surface area contributed by atoms with Gasteiger partial charge in [0.05, 0.1) is 6.61 Å². The van der Waals surface area contributed by atoms with Gasteiger partial charge in [0, 0.05) is 12.2 Å². The highest BCUT2D eigenvalue weighted by Crippen LogP contribution is 2.15. The molecule has 0 N–H and O–H groups in total. The van der Waals surface area contributed by atoms with Gasteiger partial charge in [-0.1, -0.05) is 126 Å². The summed E-state index contributed by atoms with van der Waals surface area (Å²) in [7, 11) is 0. The van der Waals surface area contributed by atoms with Crippen LogP contribution in [-0.2, 0) is 15.9 Å². The van der Waals surface area contributed by atoms with Crippen molar-refractivity contribution in [3.8, 4) is 0 Å². The molecule has 0 saturated carbocycles. The standard InChI is InChI=1S/C32H47NO2/c1(3-5-7-9-11-15-21-29-22-16-13-17-23-29)2-4-6-8-10-12-20-26-34-27-31-28-35-32(33-31)30-24-18-14-19-25-30/h13-14,16-19,22-25,31H,1-12,15,20-21,26-28H2/t31-/m1/s1. The van der Waals surface area contributed by atoms with Gasteiger partial charge in [0.1, 0.15) is 12.6 Å². The average Bonchev–Trinajstić information content (AvgIpc) is 3.38. The zero-order chi connectivity index (χ0) is 24.2. The Hall–Kier alpha value is -2.13. The molecule has 0 unspecified atom stereocenters. The van der Waals surface area contributed by atoms with E-state index in [1.54, 1.807) is 0 Å². The van der Waals surface area contributed by atoms with Gasteiger partial charge in [0.2, 0.25) is 5.90 Å². The summed E-state index contributed by atoms with van der Waals surface area (Å²) in [4.78, 5) is 4.65. The van der Waals surface area contributed by atoms with Crippen LogP contribution in [0.4, 0.5) is 0 Å². The first-order chi connectivity index (χ1) is 17.4. The van der Waals surface area contributed by atoms with Crippen molar-refractivity contribution in [3.05, 3.63) is 71.8 Å². The molecule has 3 heteroatoms. The minimum atomic E-state index is 0.143. The molecule has 0 aliphatic carbocycles. The molecule has 0 saturated heterocycles. The Morgan fingerprint density at radius 2 is 1.14 bits per heavy atom. The lowest BCUT2D eigenvalue weighted by Gasteiger charge is -2.07. The Morgan fingerprint density at radius 1 is 0.629 bits per heavy atom. The van der Waals surface area contributed by atoms with Crippen LogP contribution in [0.15, 0.2) is 65.7 Å². The summed E-state index contributed by atoms with van der Waals surface area (Å²) in [6.45, 7) is 2.15. The second kappa shape index (κ2) is 18.2. The number of hydrogen-bond donors (Lipinski definition) is 0. The van der Waals surface area contributed by atoms with Crippen LogP contribution in [0.5, 0.6) is 0 Å². The smallest absolute Gasteiger partial charge is 0.216 e. The van der Waals surface area contributed by atoms with Gasteiger partial charge in [-0.05, 0) is 37.0 Å². The van der Waals surface area contributed by atoms with Gasteiger partial charge in [0.25, 0.3) is 0 Å². The molecular weight excluding hydrogens is 430 g/mol. The van der Waals surface area contributed by atoms with E-state index in [1.165, 1.54) is 95.5 Å². The molecular formula is C32H47NO2. The molecule has 1 heterocycles. The lowest BCUT2D eigenvalue weighted by Crippen LogP contribution is -2.15. The van der Waals surface area contributed by atoms with E-state index in [4.69, 9.17) is 9.47 Å². The summed E-state index contributed by atoms with van der Waals surface area (Å²) < 4.78 is 11.6. The van der Waals surface area contributed by atoms with E-state index in [-0.39, 0.29) is 6.04 Å². The first-order valence-electron chi connectivity index (χ1n) is 14.3. The van der Waals surface area contributed by atoms with Crippen LogP contribution in [0.1, 0.15) is 101 Å². The van der Waals surface area contributed by atoms with E-state index in [0.29, 0.717) is 13.2 Å². The summed E-state index contributed by atoms with van der Waals surface area (Å²) >= 11 is 0. The van der Waals surface area contributed by atoms with Crippen molar-refractivity contribution >= 4 is 5.90 Å². The second-order valence-electron chi connectivity index (χ2n) is 10.0. The minimum Gasteiger partial charge on any atom is -0.475 e. The first-order valence-corrected chi connectivity index (χ1v) is 14.3. The number of nitrogens with zero attached hydrogens (tertiary/aromatic N) is 1. The van der Waals surface area contributed by atoms with E-state index < -0.39 is 0 Å². The minimum absolute atomic E-state index is 0.143. The summed E-state index contributed by atoms with van der Waals surface area (Å²) in [6.07, 6.45) is 20.5. The maximum Gasteiger partial charge on any atom is 0.216 e.